The molecule has 1 aliphatic rings. The lowest BCUT2D eigenvalue weighted by Crippen LogP contribution is -2.31. The van der Waals surface area contributed by atoms with Crippen molar-refractivity contribution in [1.29, 1.82) is 0 Å². The van der Waals surface area contributed by atoms with Crippen LogP contribution >= 0.6 is 0 Å². The standard InChI is InChI=1S/C24H33NO/c1-2-23(17-20-11-5-3-6-12-20)25-18-22-15-9-10-16-24(22)26-19-21-13-7-4-8-14-21/h4,7-10,13-16,20,23,25H,2-3,5-6,11-12,17-19H2,1H3. The Morgan fingerprint density at radius 1 is 0.962 bits per heavy atom. The molecule has 1 aliphatic carbocycles. The maximum absolute atomic E-state index is 6.10. The Kier molecular flexibility index (Phi) is 7.57. The van der Waals surface area contributed by atoms with Gasteiger partial charge in [-0.1, -0.05) is 87.6 Å². The van der Waals surface area contributed by atoms with Crippen molar-refractivity contribution in [2.45, 2.75) is 71.1 Å². The van der Waals surface area contributed by atoms with E-state index in [1.54, 1.807) is 0 Å². The molecule has 2 aromatic carbocycles. The zero-order valence-electron chi connectivity index (χ0n) is 16.1. The monoisotopic (exact) mass is 351 g/mol. The molecule has 2 aromatic rings. The molecule has 1 atom stereocenters. The number of ether oxygens (including phenoxy) is 1. The van der Waals surface area contributed by atoms with Gasteiger partial charge >= 0.3 is 0 Å². The summed E-state index contributed by atoms with van der Waals surface area (Å²) in [6, 6.07) is 19.4. The number of para-hydroxylation sites is 1. The topological polar surface area (TPSA) is 21.3 Å². The molecule has 3 rings (SSSR count). The Morgan fingerprint density at radius 2 is 1.69 bits per heavy atom. The van der Waals surface area contributed by atoms with Crippen molar-refractivity contribution in [1.82, 2.24) is 5.32 Å². The molecule has 0 saturated heterocycles. The quantitative estimate of drug-likeness (QED) is 0.589. The molecule has 1 saturated carbocycles. The molecule has 1 fully saturated rings. The van der Waals surface area contributed by atoms with Gasteiger partial charge in [-0.2, -0.15) is 0 Å². The van der Waals surface area contributed by atoms with E-state index in [9.17, 15) is 0 Å². The third kappa shape index (κ3) is 5.88. The van der Waals surface area contributed by atoms with Crippen LogP contribution in [0.1, 0.15) is 63.0 Å². The Labute approximate surface area is 159 Å². The third-order valence-electron chi connectivity index (χ3n) is 5.63. The summed E-state index contributed by atoms with van der Waals surface area (Å²) < 4.78 is 6.10. The number of nitrogens with one attached hydrogen (secondary N) is 1. The smallest absolute Gasteiger partial charge is 0.124 e. The highest BCUT2D eigenvalue weighted by atomic mass is 16.5. The van der Waals surface area contributed by atoms with Crippen molar-refractivity contribution in [2.24, 2.45) is 5.92 Å². The van der Waals surface area contributed by atoms with E-state index in [1.807, 2.05) is 6.07 Å². The Bertz CT molecular complexity index is 634. The highest BCUT2D eigenvalue weighted by molar-refractivity contribution is 5.33. The van der Waals surface area contributed by atoms with Gasteiger partial charge in [-0.25, -0.2) is 0 Å². The van der Waals surface area contributed by atoms with Gasteiger partial charge < -0.3 is 10.1 Å². The molecule has 0 aromatic heterocycles. The van der Waals surface area contributed by atoms with E-state index in [0.29, 0.717) is 12.6 Å². The molecule has 0 aliphatic heterocycles. The molecule has 2 nitrogen and oxygen atoms in total. The molecule has 0 heterocycles. The average Bonchev–Trinajstić information content (AvgIpc) is 2.71. The van der Waals surface area contributed by atoms with Crippen molar-refractivity contribution in [3.8, 4) is 5.75 Å². The maximum Gasteiger partial charge on any atom is 0.124 e. The number of hydrogen-bond donors (Lipinski definition) is 1. The van der Waals surface area contributed by atoms with Gasteiger partial charge in [0, 0.05) is 18.2 Å². The molecule has 0 amide bonds. The first-order valence-electron chi connectivity index (χ1n) is 10.3. The molecule has 0 bridgehead atoms. The van der Waals surface area contributed by atoms with Gasteiger partial charge in [0.15, 0.2) is 0 Å². The minimum atomic E-state index is 0.611. The van der Waals surface area contributed by atoms with E-state index >= 15 is 0 Å². The minimum absolute atomic E-state index is 0.611. The predicted octanol–water partition coefficient (Wildman–Crippen LogP) is 6.10. The summed E-state index contributed by atoms with van der Waals surface area (Å²) in [7, 11) is 0. The van der Waals surface area contributed by atoms with Crippen molar-refractivity contribution in [3.63, 3.8) is 0 Å². The summed E-state index contributed by atoms with van der Waals surface area (Å²) in [5, 5.41) is 3.79. The summed E-state index contributed by atoms with van der Waals surface area (Å²) in [4.78, 5) is 0. The van der Waals surface area contributed by atoms with E-state index in [0.717, 1.165) is 18.2 Å². The molecular weight excluding hydrogens is 318 g/mol. The lowest BCUT2D eigenvalue weighted by atomic mass is 9.84. The van der Waals surface area contributed by atoms with Crippen LogP contribution in [0.2, 0.25) is 0 Å². The van der Waals surface area contributed by atoms with Gasteiger partial charge in [0.25, 0.3) is 0 Å². The average molecular weight is 352 g/mol. The van der Waals surface area contributed by atoms with Crippen LogP contribution < -0.4 is 10.1 Å². The van der Waals surface area contributed by atoms with Crippen LogP contribution in [0.5, 0.6) is 5.75 Å². The molecule has 0 radical (unpaired) electrons. The lowest BCUT2D eigenvalue weighted by Gasteiger charge is -2.27. The molecule has 1 N–H and O–H groups in total. The molecule has 0 spiro atoms. The molecule has 140 valence electrons. The van der Waals surface area contributed by atoms with Crippen molar-refractivity contribution < 1.29 is 4.74 Å². The van der Waals surface area contributed by atoms with Gasteiger partial charge in [-0.05, 0) is 30.4 Å². The summed E-state index contributed by atoms with van der Waals surface area (Å²) in [6.07, 6.45) is 9.67. The third-order valence-corrected chi connectivity index (χ3v) is 5.63. The fourth-order valence-corrected chi connectivity index (χ4v) is 4.00. The number of benzene rings is 2. The van der Waals surface area contributed by atoms with Gasteiger partial charge in [0.05, 0.1) is 0 Å². The first-order valence-corrected chi connectivity index (χ1v) is 10.3. The second kappa shape index (κ2) is 10.4. The Balaban J connectivity index is 1.53. The second-order valence-electron chi connectivity index (χ2n) is 7.61. The van der Waals surface area contributed by atoms with Crippen LogP contribution in [-0.2, 0) is 13.2 Å². The summed E-state index contributed by atoms with van der Waals surface area (Å²) in [5.74, 6) is 1.92. The van der Waals surface area contributed by atoms with Crippen molar-refractivity contribution in [3.05, 3.63) is 65.7 Å². The van der Waals surface area contributed by atoms with E-state index in [1.165, 1.54) is 56.1 Å². The Morgan fingerprint density at radius 3 is 2.46 bits per heavy atom. The van der Waals surface area contributed by atoms with Gasteiger partial charge in [-0.15, -0.1) is 0 Å². The number of hydrogen-bond acceptors (Lipinski definition) is 2. The lowest BCUT2D eigenvalue weighted by molar-refractivity contribution is 0.287. The fourth-order valence-electron chi connectivity index (χ4n) is 4.00. The maximum atomic E-state index is 6.10. The zero-order chi connectivity index (χ0) is 18.0. The van der Waals surface area contributed by atoms with Crippen molar-refractivity contribution in [2.75, 3.05) is 0 Å². The van der Waals surface area contributed by atoms with Gasteiger partial charge in [0.1, 0.15) is 12.4 Å². The molecular formula is C24H33NO. The Hall–Kier alpha value is -1.80. The van der Waals surface area contributed by atoms with Crippen LogP contribution in [0.4, 0.5) is 0 Å². The predicted molar refractivity (Wildman–Crippen MR) is 109 cm³/mol. The van der Waals surface area contributed by atoms with Crippen LogP contribution in [0, 0.1) is 5.92 Å². The van der Waals surface area contributed by atoms with Gasteiger partial charge in [-0.3, -0.25) is 0 Å². The van der Waals surface area contributed by atoms with E-state index in [2.05, 4.69) is 60.8 Å². The van der Waals surface area contributed by atoms with E-state index in [-0.39, 0.29) is 0 Å². The summed E-state index contributed by atoms with van der Waals surface area (Å²) in [6.45, 7) is 3.81. The normalized spacial score (nSPS) is 16.3. The SMILES string of the molecule is CCC(CC1CCCCC1)NCc1ccccc1OCc1ccccc1. The first kappa shape index (κ1) is 19.0. The molecule has 2 heteroatoms. The van der Waals surface area contributed by atoms with Crippen LogP contribution in [0.3, 0.4) is 0 Å². The zero-order valence-corrected chi connectivity index (χ0v) is 16.1. The highest BCUT2D eigenvalue weighted by Gasteiger charge is 2.18. The minimum Gasteiger partial charge on any atom is -0.489 e. The second-order valence-corrected chi connectivity index (χ2v) is 7.61. The highest BCUT2D eigenvalue weighted by Crippen LogP contribution is 2.28. The largest absolute Gasteiger partial charge is 0.489 e. The van der Waals surface area contributed by atoms with Crippen LogP contribution in [0.15, 0.2) is 54.6 Å². The summed E-state index contributed by atoms with van der Waals surface area (Å²) in [5.41, 5.74) is 2.46. The van der Waals surface area contributed by atoms with Crippen molar-refractivity contribution >= 4 is 0 Å². The van der Waals surface area contributed by atoms with Crippen LogP contribution in [0.25, 0.3) is 0 Å². The van der Waals surface area contributed by atoms with Crippen LogP contribution in [-0.4, -0.2) is 6.04 Å². The molecule has 26 heavy (non-hydrogen) atoms. The van der Waals surface area contributed by atoms with E-state index < -0.39 is 0 Å². The van der Waals surface area contributed by atoms with Gasteiger partial charge in [0.2, 0.25) is 0 Å². The molecule has 1 unspecified atom stereocenters. The van der Waals surface area contributed by atoms with E-state index in [4.69, 9.17) is 4.74 Å². The fraction of sp³-hybridized carbons (Fsp3) is 0.500. The first-order chi connectivity index (χ1) is 12.8. The summed E-state index contributed by atoms with van der Waals surface area (Å²) >= 11 is 0. The number of rotatable bonds is 9.